The van der Waals surface area contributed by atoms with Gasteiger partial charge in [0.2, 0.25) is 5.88 Å². The minimum atomic E-state index is -0.643. The summed E-state index contributed by atoms with van der Waals surface area (Å²) in [4.78, 5) is 15.0. The first-order chi connectivity index (χ1) is 7.20. The number of carbonyl (C=O) groups is 1. The lowest BCUT2D eigenvalue weighted by Gasteiger charge is -2.33. The van der Waals surface area contributed by atoms with Crippen LogP contribution in [-0.2, 0) is 10.2 Å². The number of Topliss-reactive ketones (excluding diaryl/α,β-unsaturated/α-hetero) is 1. The van der Waals surface area contributed by atoms with E-state index in [1.807, 2.05) is 0 Å². The van der Waals surface area contributed by atoms with Crippen molar-refractivity contribution in [1.29, 1.82) is 5.26 Å². The standard InChI is InChI=1S/C11H10N2O2/c1-15-10-3-2-8(6-13-10)11(7-12)4-9(14)5-11/h2-3,6H,4-5H2,1H3. The average Bonchev–Trinajstić information content (AvgIpc) is 2.25. The molecule has 1 saturated carbocycles. The smallest absolute Gasteiger partial charge is 0.212 e. The second-order valence-electron chi connectivity index (χ2n) is 3.68. The molecule has 1 aliphatic carbocycles. The largest absolute Gasteiger partial charge is 0.481 e. The summed E-state index contributed by atoms with van der Waals surface area (Å²) < 4.78 is 4.93. The summed E-state index contributed by atoms with van der Waals surface area (Å²) in [5, 5.41) is 9.07. The molecule has 4 heteroatoms. The van der Waals surface area contributed by atoms with Crippen molar-refractivity contribution in [3.8, 4) is 11.9 Å². The zero-order valence-electron chi connectivity index (χ0n) is 8.36. The van der Waals surface area contributed by atoms with Crippen LogP contribution in [0.25, 0.3) is 0 Å². The van der Waals surface area contributed by atoms with Crippen molar-refractivity contribution in [2.75, 3.05) is 7.11 Å². The Morgan fingerprint density at radius 3 is 2.67 bits per heavy atom. The SMILES string of the molecule is COc1ccc(C2(C#N)CC(=O)C2)cn1. The number of nitriles is 1. The van der Waals surface area contributed by atoms with Crippen LogP contribution >= 0.6 is 0 Å². The van der Waals surface area contributed by atoms with Gasteiger partial charge in [0.15, 0.2) is 0 Å². The van der Waals surface area contributed by atoms with E-state index in [-0.39, 0.29) is 5.78 Å². The zero-order chi connectivity index (χ0) is 10.9. The number of rotatable bonds is 2. The van der Waals surface area contributed by atoms with Gasteiger partial charge in [0.25, 0.3) is 0 Å². The molecule has 1 heterocycles. The van der Waals surface area contributed by atoms with Crippen LogP contribution in [-0.4, -0.2) is 17.9 Å². The van der Waals surface area contributed by atoms with Crippen molar-refractivity contribution in [2.24, 2.45) is 0 Å². The number of hydrogen-bond donors (Lipinski definition) is 0. The number of hydrogen-bond acceptors (Lipinski definition) is 4. The molecular weight excluding hydrogens is 192 g/mol. The van der Waals surface area contributed by atoms with Crippen LogP contribution in [0.1, 0.15) is 18.4 Å². The molecule has 0 spiro atoms. The molecular formula is C11H10N2O2. The van der Waals surface area contributed by atoms with Crippen LogP contribution < -0.4 is 4.74 Å². The number of methoxy groups -OCH3 is 1. The van der Waals surface area contributed by atoms with Crippen LogP contribution in [0, 0.1) is 11.3 Å². The third kappa shape index (κ3) is 1.46. The maximum absolute atomic E-state index is 11.0. The molecule has 0 radical (unpaired) electrons. The van der Waals surface area contributed by atoms with Gasteiger partial charge in [-0.2, -0.15) is 5.26 Å². The number of ketones is 1. The summed E-state index contributed by atoms with van der Waals surface area (Å²) in [5.74, 6) is 0.643. The molecule has 15 heavy (non-hydrogen) atoms. The van der Waals surface area contributed by atoms with Crippen LogP contribution in [0.15, 0.2) is 18.3 Å². The van der Waals surface area contributed by atoms with Gasteiger partial charge in [-0.05, 0) is 5.56 Å². The molecule has 0 N–H and O–H groups in total. The van der Waals surface area contributed by atoms with Gasteiger partial charge in [-0.1, -0.05) is 6.07 Å². The fourth-order valence-corrected chi connectivity index (χ4v) is 1.75. The first-order valence-corrected chi connectivity index (χ1v) is 4.64. The molecule has 1 fully saturated rings. The fourth-order valence-electron chi connectivity index (χ4n) is 1.75. The monoisotopic (exact) mass is 202 g/mol. The molecule has 1 aromatic heterocycles. The summed E-state index contributed by atoms with van der Waals surface area (Å²) in [6.45, 7) is 0. The third-order valence-electron chi connectivity index (χ3n) is 2.71. The Morgan fingerprint density at radius 2 is 2.27 bits per heavy atom. The van der Waals surface area contributed by atoms with Gasteiger partial charge in [0.05, 0.1) is 18.6 Å². The van der Waals surface area contributed by atoms with E-state index in [9.17, 15) is 4.79 Å². The predicted molar refractivity (Wildman–Crippen MR) is 52.3 cm³/mol. The first kappa shape index (κ1) is 9.66. The van der Waals surface area contributed by atoms with Gasteiger partial charge >= 0.3 is 0 Å². The molecule has 76 valence electrons. The van der Waals surface area contributed by atoms with E-state index in [1.54, 1.807) is 18.3 Å². The van der Waals surface area contributed by atoms with Crippen molar-refractivity contribution >= 4 is 5.78 Å². The van der Waals surface area contributed by atoms with Crippen molar-refractivity contribution in [3.63, 3.8) is 0 Å². The number of carbonyl (C=O) groups excluding carboxylic acids is 1. The zero-order valence-corrected chi connectivity index (χ0v) is 8.36. The lowest BCUT2D eigenvalue weighted by Crippen LogP contribution is -2.40. The van der Waals surface area contributed by atoms with Gasteiger partial charge in [0, 0.05) is 25.1 Å². The Labute approximate surface area is 87.5 Å². The summed E-state index contributed by atoms with van der Waals surface area (Å²) >= 11 is 0. The van der Waals surface area contributed by atoms with E-state index < -0.39 is 5.41 Å². The van der Waals surface area contributed by atoms with E-state index in [1.165, 1.54) is 7.11 Å². The molecule has 1 aromatic rings. The van der Waals surface area contributed by atoms with Gasteiger partial charge < -0.3 is 4.74 Å². The van der Waals surface area contributed by atoms with Crippen molar-refractivity contribution in [3.05, 3.63) is 23.9 Å². The highest BCUT2D eigenvalue weighted by molar-refractivity contribution is 5.90. The molecule has 2 rings (SSSR count). The molecule has 0 atom stereocenters. The Balaban J connectivity index is 2.29. The van der Waals surface area contributed by atoms with Crippen molar-refractivity contribution in [1.82, 2.24) is 4.98 Å². The first-order valence-electron chi connectivity index (χ1n) is 4.64. The highest BCUT2D eigenvalue weighted by Gasteiger charge is 2.45. The third-order valence-corrected chi connectivity index (χ3v) is 2.71. The second-order valence-corrected chi connectivity index (χ2v) is 3.68. The Kier molecular flexibility index (Phi) is 2.16. The lowest BCUT2D eigenvalue weighted by molar-refractivity contribution is -0.126. The summed E-state index contributed by atoms with van der Waals surface area (Å²) in [6.07, 6.45) is 2.21. The Hall–Kier alpha value is -1.89. The van der Waals surface area contributed by atoms with E-state index in [4.69, 9.17) is 10.00 Å². The normalized spacial score (nSPS) is 17.7. The highest BCUT2D eigenvalue weighted by Crippen LogP contribution is 2.40. The molecule has 0 saturated heterocycles. The average molecular weight is 202 g/mol. The van der Waals surface area contributed by atoms with Crippen LogP contribution in [0.2, 0.25) is 0 Å². The van der Waals surface area contributed by atoms with E-state index in [0.29, 0.717) is 18.7 Å². The minimum Gasteiger partial charge on any atom is -0.481 e. The van der Waals surface area contributed by atoms with Crippen LogP contribution in [0.3, 0.4) is 0 Å². The van der Waals surface area contributed by atoms with Gasteiger partial charge in [0.1, 0.15) is 5.78 Å². The maximum atomic E-state index is 11.0. The Bertz CT molecular complexity index is 423. The molecule has 0 aromatic carbocycles. The van der Waals surface area contributed by atoms with E-state index >= 15 is 0 Å². The second kappa shape index (κ2) is 3.35. The van der Waals surface area contributed by atoms with Crippen molar-refractivity contribution in [2.45, 2.75) is 18.3 Å². The lowest BCUT2D eigenvalue weighted by atomic mass is 9.65. The highest BCUT2D eigenvalue weighted by atomic mass is 16.5. The summed E-state index contributed by atoms with van der Waals surface area (Å²) in [6, 6.07) is 5.70. The van der Waals surface area contributed by atoms with Gasteiger partial charge in [-0.3, -0.25) is 4.79 Å². The van der Waals surface area contributed by atoms with Gasteiger partial charge in [-0.15, -0.1) is 0 Å². The van der Waals surface area contributed by atoms with Crippen LogP contribution in [0.5, 0.6) is 5.88 Å². The molecule has 0 aliphatic heterocycles. The fraction of sp³-hybridized carbons (Fsp3) is 0.364. The molecule has 0 amide bonds. The van der Waals surface area contributed by atoms with E-state index in [2.05, 4.69) is 11.1 Å². The summed E-state index contributed by atoms with van der Waals surface area (Å²) in [7, 11) is 1.54. The number of nitrogens with zero attached hydrogens (tertiary/aromatic N) is 2. The number of aromatic nitrogens is 1. The van der Waals surface area contributed by atoms with Gasteiger partial charge in [-0.25, -0.2) is 4.98 Å². The molecule has 0 unspecified atom stereocenters. The Morgan fingerprint density at radius 1 is 1.53 bits per heavy atom. The quantitative estimate of drug-likeness (QED) is 0.723. The molecule has 1 aliphatic rings. The van der Waals surface area contributed by atoms with Crippen molar-refractivity contribution < 1.29 is 9.53 Å². The topological polar surface area (TPSA) is 63.0 Å². The number of ether oxygens (including phenoxy) is 1. The molecule has 4 nitrogen and oxygen atoms in total. The maximum Gasteiger partial charge on any atom is 0.212 e. The molecule has 0 bridgehead atoms. The minimum absolute atomic E-state index is 0.132. The summed E-state index contributed by atoms with van der Waals surface area (Å²) in [5.41, 5.74) is 0.154. The predicted octanol–water partition coefficient (Wildman–Crippen LogP) is 1.21. The van der Waals surface area contributed by atoms with Crippen LogP contribution in [0.4, 0.5) is 0 Å². The number of pyridine rings is 1. The van der Waals surface area contributed by atoms with E-state index in [0.717, 1.165) is 5.56 Å².